The van der Waals surface area contributed by atoms with Crippen molar-refractivity contribution in [3.63, 3.8) is 0 Å². The second-order valence-corrected chi connectivity index (χ2v) is 8.87. The molecule has 140 valence electrons. The minimum absolute atomic E-state index is 0.0712. The van der Waals surface area contributed by atoms with Gasteiger partial charge in [0.05, 0.1) is 18.8 Å². The maximum absolute atomic E-state index is 14.5. The second-order valence-electron chi connectivity index (χ2n) is 6.65. The van der Waals surface area contributed by atoms with Crippen molar-refractivity contribution in [3.05, 3.63) is 34.9 Å². The highest BCUT2D eigenvalue weighted by Crippen LogP contribution is 2.35. The molecule has 9 heteroatoms. The molecular weight excluding hydrogens is 374 g/mol. The average molecular weight is 395 g/mol. The van der Waals surface area contributed by atoms with Gasteiger partial charge in [0.25, 0.3) is 5.92 Å². The first-order valence-corrected chi connectivity index (χ1v) is 10.1. The molecule has 2 atom stereocenters. The van der Waals surface area contributed by atoms with E-state index in [1.165, 1.54) is 0 Å². The predicted molar refractivity (Wildman–Crippen MR) is 92.2 cm³/mol. The van der Waals surface area contributed by atoms with E-state index >= 15 is 0 Å². The zero-order valence-corrected chi connectivity index (χ0v) is 15.7. The van der Waals surface area contributed by atoms with Crippen molar-refractivity contribution in [1.82, 2.24) is 9.62 Å². The zero-order chi connectivity index (χ0) is 19.0. The number of likely N-dealkylation sites (tertiary alicyclic amines) is 1. The number of halogens is 3. The molecule has 1 amide bonds. The Balaban J connectivity index is 2.41. The molecule has 1 heterocycles. The van der Waals surface area contributed by atoms with Crippen LogP contribution in [0.2, 0.25) is 5.02 Å². The van der Waals surface area contributed by atoms with E-state index in [1.807, 2.05) is 4.72 Å². The van der Waals surface area contributed by atoms with Gasteiger partial charge in [-0.15, -0.1) is 0 Å². The van der Waals surface area contributed by atoms with Crippen LogP contribution in [0, 0.1) is 5.92 Å². The predicted octanol–water partition coefficient (Wildman–Crippen LogP) is 2.30. The van der Waals surface area contributed by atoms with Crippen LogP contribution in [-0.2, 0) is 21.2 Å². The summed E-state index contributed by atoms with van der Waals surface area (Å²) in [6.45, 7) is 2.42. The number of amides is 1. The van der Waals surface area contributed by atoms with Crippen LogP contribution in [0.15, 0.2) is 24.3 Å². The van der Waals surface area contributed by atoms with E-state index in [0.717, 1.165) is 11.2 Å². The summed E-state index contributed by atoms with van der Waals surface area (Å²) in [7, 11) is -3.88. The van der Waals surface area contributed by atoms with Gasteiger partial charge in [0.2, 0.25) is 15.9 Å². The van der Waals surface area contributed by atoms with Gasteiger partial charge in [-0.2, -0.15) is 0 Å². The molecule has 1 aromatic rings. The molecule has 1 fully saturated rings. The van der Waals surface area contributed by atoms with E-state index in [0.29, 0.717) is 10.6 Å². The minimum Gasteiger partial charge on any atom is -0.331 e. The van der Waals surface area contributed by atoms with Crippen molar-refractivity contribution in [2.24, 2.45) is 5.92 Å². The largest absolute Gasteiger partial charge is 0.331 e. The summed E-state index contributed by atoms with van der Waals surface area (Å²) in [4.78, 5) is 13.5. The second kappa shape index (κ2) is 7.17. The zero-order valence-electron chi connectivity index (χ0n) is 14.2. The number of rotatable bonds is 5. The minimum atomic E-state index is -3.88. The molecule has 1 aliphatic rings. The van der Waals surface area contributed by atoms with Gasteiger partial charge in [-0.25, -0.2) is 21.9 Å². The number of sulfonamides is 1. The molecule has 0 bridgehead atoms. The van der Waals surface area contributed by atoms with Crippen LogP contribution in [0.25, 0.3) is 0 Å². The fraction of sp³-hybridized carbons (Fsp3) is 0.562. The average Bonchev–Trinajstić information content (AvgIpc) is 2.69. The topological polar surface area (TPSA) is 66.5 Å². The first-order chi connectivity index (χ1) is 11.4. The first kappa shape index (κ1) is 20.1. The Hall–Kier alpha value is -1.25. The summed E-state index contributed by atoms with van der Waals surface area (Å²) in [5.74, 6) is -4.28. The highest BCUT2D eigenvalue weighted by atomic mass is 35.5. The molecule has 1 saturated heterocycles. The number of nitrogens with one attached hydrogen (secondary N) is 1. The quantitative estimate of drug-likeness (QED) is 0.833. The number of benzene rings is 1. The summed E-state index contributed by atoms with van der Waals surface area (Å²) >= 11 is 5.94. The lowest BCUT2D eigenvalue weighted by molar-refractivity contribution is -0.136. The molecule has 2 rings (SSSR count). The molecule has 0 saturated carbocycles. The molecule has 0 unspecified atom stereocenters. The summed E-state index contributed by atoms with van der Waals surface area (Å²) in [6.07, 6.45) is 0.897. The van der Waals surface area contributed by atoms with Crippen LogP contribution in [0.3, 0.4) is 0 Å². The van der Waals surface area contributed by atoms with E-state index in [2.05, 4.69) is 0 Å². The summed E-state index contributed by atoms with van der Waals surface area (Å²) in [5.41, 5.74) is 0.650. The lowest BCUT2D eigenvalue weighted by Crippen LogP contribution is -2.52. The smallest absolute Gasteiger partial charge is 0.283 e. The maximum Gasteiger partial charge on any atom is 0.283 e. The lowest BCUT2D eigenvalue weighted by atomic mass is 9.99. The lowest BCUT2D eigenvalue weighted by Gasteiger charge is -2.29. The number of nitrogens with zero attached hydrogens (tertiary/aromatic N) is 1. The number of carbonyl (C=O) groups excluding carboxylic acids is 1. The number of hydrogen-bond donors (Lipinski definition) is 1. The van der Waals surface area contributed by atoms with Crippen LogP contribution in [0.1, 0.15) is 19.4 Å². The number of hydrogen-bond acceptors (Lipinski definition) is 3. The third-order valence-corrected chi connectivity index (χ3v) is 4.99. The molecular formula is C16H21ClF2N2O3S. The third-order valence-electron chi connectivity index (χ3n) is 4.07. The maximum atomic E-state index is 14.5. The molecule has 0 aromatic heterocycles. The van der Waals surface area contributed by atoms with E-state index in [9.17, 15) is 22.0 Å². The van der Waals surface area contributed by atoms with Crippen molar-refractivity contribution < 1.29 is 22.0 Å². The number of carbonyl (C=O) groups is 1. The van der Waals surface area contributed by atoms with Crippen LogP contribution in [0.5, 0.6) is 0 Å². The Morgan fingerprint density at radius 3 is 2.60 bits per heavy atom. The van der Waals surface area contributed by atoms with Crippen molar-refractivity contribution in [2.45, 2.75) is 38.3 Å². The fourth-order valence-electron chi connectivity index (χ4n) is 3.01. The van der Waals surface area contributed by atoms with Gasteiger partial charge in [-0.3, -0.25) is 4.79 Å². The van der Waals surface area contributed by atoms with Crippen LogP contribution >= 0.6 is 11.6 Å². The normalized spacial score (nSPS) is 23.2. The molecule has 1 aromatic carbocycles. The summed E-state index contributed by atoms with van der Waals surface area (Å²) in [5, 5.41) is 0.441. The van der Waals surface area contributed by atoms with Crippen molar-refractivity contribution in [3.8, 4) is 0 Å². The van der Waals surface area contributed by atoms with Crippen molar-refractivity contribution in [1.29, 1.82) is 0 Å². The van der Waals surface area contributed by atoms with Gasteiger partial charge in [0.15, 0.2) is 0 Å². The van der Waals surface area contributed by atoms with Gasteiger partial charge in [0, 0.05) is 10.9 Å². The van der Waals surface area contributed by atoms with E-state index in [-0.39, 0.29) is 6.42 Å². The Morgan fingerprint density at radius 2 is 2.08 bits per heavy atom. The monoisotopic (exact) mass is 394 g/mol. The van der Waals surface area contributed by atoms with Crippen molar-refractivity contribution >= 4 is 27.5 Å². The summed E-state index contributed by atoms with van der Waals surface area (Å²) in [6, 6.07) is 3.96. The van der Waals surface area contributed by atoms with Gasteiger partial charge in [-0.1, -0.05) is 37.6 Å². The Bertz CT molecular complexity index is 756. The Kier molecular flexibility index (Phi) is 5.75. The molecule has 25 heavy (non-hydrogen) atoms. The molecule has 0 spiro atoms. The third kappa shape index (κ3) is 4.89. The highest BCUT2D eigenvalue weighted by molar-refractivity contribution is 7.88. The molecule has 0 radical (unpaired) electrons. The Labute approximate surface area is 151 Å². The number of alkyl halides is 2. The van der Waals surface area contributed by atoms with Crippen LogP contribution < -0.4 is 4.72 Å². The van der Waals surface area contributed by atoms with Crippen LogP contribution in [-0.4, -0.2) is 50.0 Å². The first-order valence-electron chi connectivity index (χ1n) is 7.81. The molecule has 5 nitrogen and oxygen atoms in total. The van der Waals surface area contributed by atoms with E-state index in [1.54, 1.807) is 38.1 Å². The summed E-state index contributed by atoms with van der Waals surface area (Å²) < 4.78 is 54.1. The standard InChI is InChI=1S/C16H21ClF2N2O3S/c1-10(2)15(22)21-9-16(18,19)14(20-25(3,23)24)13(21)8-11-5-4-6-12(17)7-11/h4-7,10,13-14,20H,8-9H2,1-3H3/t13-,14+/m0/s1. The Morgan fingerprint density at radius 1 is 1.44 bits per heavy atom. The van der Waals surface area contributed by atoms with Crippen molar-refractivity contribution in [2.75, 3.05) is 12.8 Å². The van der Waals surface area contributed by atoms with Crippen LogP contribution in [0.4, 0.5) is 8.78 Å². The van der Waals surface area contributed by atoms with Gasteiger partial charge in [0.1, 0.15) is 6.04 Å². The van der Waals surface area contributed by atoms with Gasteiger partial charge < -0.3 is 4.90 Å². The molecule has 1 aliphatic heterocycles. The SMILES string of the molecule is CC(C)C(=O)N1CC(F)(F)[C@H](NS(C)(=O)=O)[C@@H]1Cc1cccc(Cl)c1. The highest BCUT2D eigenvalue weighted by Gasteiger charge is 2.56. The molecule has 0 aliphatic carbocycles. The fourth-order valence-corrected chi connectivity index (χ4v) is 4.01. The van der Waals surface area contributed by atoms with Gasteiger partial charge in [-0.05, 0) is 24.1 Å². The van der Waals surface area contributed by atoms with E-state index in [4.69, 9.17) is 11.6 Å². The van der Waals surface area contributed by atoms with Gasteiger partial charge >= 0.3 is 0 Å². The molecule has 1 N–H and O–H groups in total. The van der Waals surface area contributed by atoms with E-state index < -0.39 is 46.4 Å².